The fourth-order valence-corrected chi connectivity index (χ4v) is 2.85. The predicted molar refractivity (Wildman–Crippen MR) is 87.8 cm³/mol. The van der Waals surface area contributed by atoms with Gasteiger partial charge in [-0.25, -0.2) is 0 Å². The fourth-order valence-electron chi connectivity index (χ4n) is 2.85. The van der Waals surface area contributed by atoms with Gasteiger partial charge in [-0.2, -0.15) is 0 Å². The summed E-state index contributed by atoms with van der Waals surface area (Å²) in [6, 6.07) is 7.48. The van der Waals surface area contributed by atoms with Gasteiger partial charge >= 0.3 is 0 Å². The molecule has 0 aliphatic heterocycles. The van der Waals surface area contributed by atoms with E-state index in [1.807, 2.05) is 18.2 Å². The van der Waals surface area contributed by atoms with Gasteiger partial charge in [-0.3, -0.25) is 0 Å². The van der Waals surface area contributed by atoms with Crippen LogP contribution in [0.5, 0.6) is 5.75 Å². The number of benzene rings is 1. The molecule has 1 unspecified atom stereocenters. The van der Waals surface area contributed by atoms with E-state index in [1.165, 1.54) is 25.7 Å². The summed E-state index contributed by atoms with van der Waals surface area (Å²) in [5, 5.41) is 9.24. The highest BCUT2D eigenvalue weighted by atomic mass is 16.3. The molecular weight excluding hydrogens is 244 g/mol. The van der Waals surface area contributed by atoms with E-state index in [2.05, 4.69) is 27.7 Å². The second-order valence-corrected chi connectivity index (χ2v) is 6.39. The molecule has 1 aliphatic rings. The Labute approximate surface area is 125 Å². The summed E-state index contributed by atoms with van der Waals surface area (Å²) < 4.78 is 0. The van der Waals surface area contributed by atoms with Crippen LogP contribution in [0.2, 0.25) is 0 Å². The van der Waals surface area contributed by atoms with Gasteiger partial charge in [0.2, 0.25) is 0 Å². The van der Waals surface area contributed by atoms with Gasteiger partial charge in [0.15, 0.2) is 0 Å². The molecule has 1 saturated carbocycles. The second kappa shape index (κ2) is 9.05. The van der Waals surface area contributed by atoms with Crippen molar-refractivity contribution in [2.75, 3.05) is 0 Å². The molecule has 1 aromatic rings. The average Bonchev–Trinajstić information content (AvgIpc) is 2.42. The van der Waals surface area contributed by atoms with Crippen molar-refractivity contribution in [1.82, 2.24) is 0 Å². The Hall–Kier alpha value is -0.980. The van der Waals surface area contributed by atoms with Gasteiger partial charge in [-0.15, -0.1) is 0 Å². The van der Waals surface area contributed by atoms with E-state index in [4.69, 9.17) is 0 Å². The quantitative estimate of drug-likeness (QED) is 0.742. The van der Waals surface area contributed by atoms with E-state index >= 15 is 0 Å². The molecule has 0 aromatic heterocycles. The van der Waals surface area contributed by atoms with E-state index in [9.17, 15) is 5.11 Å². The molecule has 20 heavy (non-hydrogen) atoms. The van der Waals surface area contributed by atoms with Crippen molar-refractivity contribution in [2.45, 2.75) is 66.2 Å². The van der Waals surface area contributed by atoms with Crippen LogP contribution in [0.15, 0.2) is 24.3 Å². The zero-order valence-corrected chi connectivity index (χ0v) is 13.7. The Morgan fingerprint density at radius 2 is 1.95 bits per heavy atom. The van der Waals surface area contributed by atoms with Gasteiger partial charge in [-0.1, -0.05) is 65.2 Å². The molecule has 1 atom stereocenters. The lowest BCUT2D eigenvalue weighted by molar-refractivity contribution is 0.367. The molecule has 0 heterocycles. The number of phenols is 1. The maximum atomic E-state index is 9.24. The molecule has 1 nitrogen and oxygen atoms in total. The van der Waals surface area contributed by atoms with Gasteiger partial charge in [0.05, 0.1) is 0 Å². The van der Waals surface area contributed by atoms with E-state index in [0.29, 0.717) is 5.75 Å². The van der Waals surface area contributed by atoms with Crippen LogP contribution in [-0.2, 0) is 6.42 Å². The average molecular weight is 275 g/mol. The fraction of sp³-hybridized carbons (Fsp3) is 0.632. The van der Waals surface area contributed by atoms with Crippen LogP contribution in [0, 0.1) is 17.8 Å². The number of hydrogen-bond donors (Lipinski definition) is 1. The lowest BCUT2D eigenvalue weighted by Crippen LogP contribution is -2.15. The van der Waals surface area contributed by atoms with Crippen molar-refractivity contribution < 1.29 is 5.11 Å². The molecule has 1 fully saturated rings. The number of rotatable bonds is 3. The summed E-state index contributed by atoms with van der Waals surface area (Å²) in [5.41, 5.74) is 1.05. The zero-order valence-electron chi connectivity index (χ0n) is 13.7. The molecule has 1 aromatic carbocycles. The molecule has 0 bridgehead atoms. The standard InChI is InChI=1S/C10H19.C9H12O/c1-8(2)10-6-4-5-9(3)7-10;1-2-5-8-6-3-4-7-9(8)10/h8-9H,4-7H2,1-3H3;3-4,6-7,10H,2,5H2,1H3. The topological polar surface area (TPSA) is 20.2 Å². The normalized spacial score (nSPS) is 19.6. The van der Waals surface area contributed by atoms with Crippen LogP contribution < -0.4 is 0 Å². The van der Waals surface area contributed by atoms with Crippen LogP contribution in [0.25, 0.3) is 0 Å². The summed E-state index contributed by atoms with van der Waals surface area (Å²) in [4.78, 5) is 0. The molecular formula is C19H31O. The first-order valence-electron chi connectivity index (χ1n) is 8.16. The highest BCUT2D eigenvalue weighted by Crippen LogP contribution is 2.34. The van der Waals surface area contributed by atoms with Crippen LogP contribution in [0.4, 0.5) is 0 Å². The predicted octanol–water partition coefficient (Wildman–Crippen LogP) is 5.77. The largest absolute Gasteiger partial charge is 0.508 e. The van der Waals surface area contributed by atoms with Gasteiger partial charge in [0.1, 0.15) is 5.75 Å². The smallest absolute Gasteiger partial charge is 0.118 e. The monoisotopic (exact) mass is 275 g/mol. The van der Waals surface area contributed by atoms with Crippen molar-refractivity contribution in [2.24, 2.45) is 11.8 Å². The van der Waals surface area contributed by atoms with Gasteiger partial charge in [0, 0.05) is 0 Å². The molecule has 0 amide bonds. The Bertz CT molecular complexity index is 370. The summed E-state index contributed by atoms with van der Waals surface area (Å²) in [5.74, 6) is 4.03. The van der Waals surface area contributed by atoms with Crippen molar-refractivity contribution >= 4 is 0 Å². The Kier molecular flexibility index (Phi) is 7.72. The van der Waals surface area contributed by atoms with Crippen LogP contribution >= 0.6 is 0 Å². The van der Waals surface area contributed by atoms with Gasteiger partial charge in [0.25, 0.3) is 0 Å². The van der Waals surface area contributed by atoms with Crippen LogP contribution in [0.3, 0.4) is 0 Å². The Morgan fingerprint density at radius 1 is 1.25 bits per heavy atom. The zero-order chi connectivity index (χ0) is 15.0. The molecule has 113 valence electrons. The molecule has 1 aliphatic carbocycles. The Balaban J connectivity index is 0.000000200. The van der Waals surface area contributed by atoms with Crippen LogP contribution in [-0.4, -0.2) is 5.11 Å². The van der Waals surface area contributed by atoms with E-state index in [-0.39, 0.29) is 0 Å². The summed E-state index contributed by atoms with van der Waals surface area (Å²) in [6.07, 6.45) is 7.74. The second-order valence-electron chi connectivity index (χ2n) is 6.39. The van der Waals surface area contributed by atoms with Crippen molar-refractivity contribution in [3.63, 3.8) is 0 Å². The highest BCUT2D eigenvalue weighted by molar-refractivity contribution is 5.31. The summed E-state index contributed by atoms with van der Waals surface area (Å²) >= 11 is 0. The Morgan fingerprint density at radius 3 is 2.45 bits per heavy atom. The molecule has 1 radical (unpaired) electrons. The molecule has 0 spiro atoms. The minimum atomic E-state index is 0.421. The maximum Gasteiger partial charge on any atom is 0.118 e. The van der Waals surface area contributed by atoms with E-state index in [1.54, 1.807) is 12.0 Å². The third-order valence-corrected chi connectivity index (χ3v) is 4.13. The number of aromatic hydroxyl groups is 1. The van der Waals surface area contributed by atoms with E-state index < -0.39 is 0 Å². The summed E-state index contributed by atoms with van der Waals surface area (Å²) in [7, 11) is 0. The molecule has 0 saturated heterocycles. The third-order valence-electron chi connectivity index (χ3n) is 4.13. The molecule has 1 heteroatoms. The minimum absolute atomic E-state index is 0.421. The minimum Gasteiger partial charge on any atom is -0.508 e. The van der Waals surface area contributed by atoms with Gasteiger partial charge in [-0.05, 0) is 48.6 Å². The van der Waals surface area contributed by atoms with Crippen molar-refractivity contribution in [3.8, 4) is 5.75 Å². The van der Waals surface area contributed by atoms with Crippen LogP contribution in [0.1, 0.15) is 65.4 Å². The lowest BCUT2D eigenvalue weighted by Gasteiger charge is -2.28. The number of hydrogen-bond acceptors (Lipinski definition) is 1. The molecule has 1 N–H and O–H groups in total. The number of aryl methyl sites for hydroxylation is 1. The summed E-state index contributed by atoms with van der Waals surface area (Å²) in [6.45, 7) is 9.13. The van der Waals surface area contributed by atoms with E-state index in [0.717, 1.165) is 30.2 Å². The lowest BCUT2D eigenvalue weighted by atomic mass is 9.77. The number of para-hydroxylation sites is 1. The highest BCUT2D eigenvalue weighted by Gasteiger charge is 2.21. The number of phenolic OH excluding ortho intramolecular Hbond substituents is 1. The first-order valence-corrected chi connectivity index (χ1v) is 8.16. The first kappa shape index (κ1) is 17.1. The third kappa shape index (κ3) is 5.98. The van der Waals surface area contributed by atoms with Gasteiger partial charge < -0.3 is 5.11 Å². The first-order chi connectivity index (χ1) is 9.54. The molecule has 2 rings (SSSR count). The van der Waals surface area contributed by atoms with Crippen molar-refractivity contribution in [1.29, 1.82) is 0 Å². The SMILES string of the molecule is CC1CCC[C](C(C)C)C1.CCCc1ccccc1O. The van der Waals surface area contributed by atoms with Crippen molar-refractivity contribution in [3.05, 3.63) is 35.7 Å². The maximum absolute atomic E-state index is 9.24.